The maximum Gasteiger partial charge on any atom is 0.135 e. The minimum atomic E-state index is 0.483. The fraction of sp³-hybridized carbons (Fsp3) is 0.286. The number of hydrogen-bond donors (Lipinski definition) is 1. The van der Waals surface area contributed by atoms with Gasteiger partial charge in [-0.05, 0) is 24.1 Å². The van der Waals surface area contributed by atoms with E-state index in [9.17, 15) is 0 Å². The highest BCUT2D eigenvalue weighted by molar-refractivity contribution is 6.36. The zero-order valence-electron chi connectivity index (χ0n) is 10.7. The van der Waals surface area contributed by atoms with E-state index in [1.54, 1.807) is 6.07 Å². The van der Waals surface area contributed by atoms with Crippen molar-refractivity contribution in [3.05, 3.63) is 51.4 Å². The highest BCUT2D eigenvalue weighted by Gasteiger charge is 2.10. The summed E-state index contributed by atoms with van der Waals surface area (Å²) >= 11 is 12.3. The molecule has 0 amide bonds. The van der Waals surface area contributed by atoms with E-state index in [1.807, 2.05) is 18.2 Å². The smallest absolute Gasteiger partial charge is 0.135 e. The van der Waals surface area contributed by atoms with Crippen LogP contribution in [0.1, 0.15) is 30.4 Å². The molecule has 0 aliphatic carbocycles. The number of nitrogens with zero attached hydrogens (tertiary/aromatic N) is 2. The zero-order chi connectivity index (χ0) is 13.8. The number of nitrogens with two attached hydrogens (primary N) is 1. The van der Waals surface area contributed by atoms with Gasteiger partial charge in [-0.2, -0.15) is 0 Å². The first-order valence-corrected chi connectivity index (χ1v) is 6.91. The topological polar surface area (TPSA) is 51.8 Å². The average Bonchev–Trinajstić information content (AvgIpc) is 2.34. The van der Waals surface area contributed by atoms with Crippen LogP contribution in [0.5, 0.6) is 0 Å². The number of halogens is 2. The number of aromatic nitrogens is 2. The molecule has 2 N–H and O–H groups in total. The molecule has 19 heavy (non-hydrogen) atoms. The Morgan fingerprint density at radius 2 is 1.84 bits per heavy atom. The molecule has 0 aliphatic rings. The lowest BCUT2D eigenvalue weighted by Crippen LogP contribution is -2.04. The first kappa shape index (κ1) is 14.1. The Hall–Kier alpha value is -1.32. The fourth-order valence-electron chi connectivity index (χ4n) is 1.90. The maximum atomic E-state index is 6.15. The largest absolute Gasteiger partial charge is 0.384 e. The second-order valence-electron chi connectivity index (χ2n) is 4.33. The van der Waals surface area contributed by atoms with Gasteiger partial charge in [0.2, 0.25) is 0 Å². The molecule has 0 saturated heterocycles. The third-order valence-corrected chi connectivity index (χ3v) is 3.46. The van der Waals surface area contributed by atoms with Gasteiger partial charge in [0.15, 0.2) is 0 Å². The van der Waals surface area contributed by atoms with Crippen LogP contribution in [-0.2, 0) is 12.8 Å². The van der Waals surface area contributed by atoms with Gasteiger partial charge in [0.1, 0.15) is 11.6 Å². The Bertz CT molecular complexity index is 565. The van der Waals surface area contributed by atoms with Crippen molar-refractivity contribution < 1.29 is 0 Å². The monoisotopic (exact) mass is 295 g/mol. The summed E-state index contributed by atoms with van der Waals surface area (Å²) in [5.74, 6) is 1.13. The summed E-state index contributed by atoms with van der Waals surface area (Å²) in [5.41, 5.74) is 7.59. The van der Waals surface area contributed by atoms with E-state index in [2.05, 4.69) is 16.9 Å². The molecule has 0 radical (unpaired) electrons. The second-order valence-corrected chi connectivity index (χ2v) is 5.14. The van der Waals surface area contributed by atoms with Gasteiger partial charge in [-0.3, -0.25) is 0 Å². The van der Waals surface area contributed by atoms with Crippen LogP contribution < -0.4 is 5.73 Å². The van der Waals surface area contributed by atoms with Gasteiger partial charge in [0, 0.05) is 28.2 Å². The lowest BCUT2D eigenvalue weighted by atomic mass is 10.1. The zero-order valence-corrected chi connectivity index (χ0v) is 12.2. The van der Waals surface area contributed by atoms with Gasteiger partial charge >= 0.3 is 0 Å². The van der Waals surface area contributed by atoms with Crippen LogP contribution in [-0.4, -0.2) is 9.97 Å². The van der Waals surface area contributed by atoms with Crippen molar-refractivity contribution in [1.29, 1.82) is 0 Å². The molecule has 2 rings (SSSR count). The number of aryl methyl sites for hydroxylation is 1. The summed E-state index contributed by atoms with van der Waals surface area (Å²) in [5, 5.41) is 1.24. The van der Waals surface area contributed by atoms with Gasteiger partial charge in [-0.25, -0.2) is 9.97 Å². The summed E-state index contributed by atoms with van der Waals surface area (Å²) in [7, 11) is 0. The molecule has 0 saturated carbocycles. The molecule has 100 valence electrons. The Labute approximate surface area is 122 Å². The number of anilines is 1. The van der Waals surface area contributed by atoms with Crippen LogP contribution in [0.2, 0.25) is 10.0 Å². The Morgan fingerprint density at radius 3 is 2.47 bits per heavy atom. The number of nitrogen functional groups attached to an aromatic ring is 1. The summed E-state index contributed by atoms with van der Waals surface area (Å²) in [4.78, 5) is 8.74. The van der Waals surface area contributed by atoms with Crippen LogP contribution in [0, 0.1) is 0 Å². The van der Waals surface area contributed by atoms with Crippen molar-refractivity contribution in [1.82, 2.24) is 9.97 Å². The van der Waals surface area contributed by atoms with Gasteiger partial charge < -0.3 is 5.73 Å². The molecule has 3 nitrogen and oxygen atoms in total. The predicted molar refractivity (Wildman–Crippen MR) is 79.7 cm³/mol. The van der Waals surface area contributed by atoms with E-state index in [0.717, 1.165) is 24.1 Å². The fourth-order valence-corrected chi connectivity index (χ4v) is 2.43. The van der Waals surface area contributed by atoms with Crippen molar-refractivity contribution in [2.24, 2.45) is 0 Å². The van der Waals surface area contributed by atoms with Crippen molar-refractivity contribution in [3.63, 3.8) is 0 Å². The molecule has 0 unspecified atom stereocenters. The second kappa shape index (κ2) is 6.22. The SMILES string of the molecule is CCCc1cc(N)nc(Cc2c(Cl)cccc2Cl)n1. The molecule has 5 heteroatoms. The van der Waals surface area contributed by atoms with Crippen LogP contribution in [0.3, 0.4) is 0 Å². The number of hydrogen-bond acceptors (Lipinski definition) is 3. The lowest BCUT2D eigenvalue weighted by molar-refractivity contribution is 0.844. The standard InChI is InChI=1S/C14H15Cl2N3/c1-2-4-9-7-13(17)19-14(18-9)8-10-11(15)5-3-6-12(10)16/h3,5-7H,2,4,8H2,1H3,(H2,17,18,19). The van der Waals surface area contributed by atoms with E-state index in [-0.39, 0.29) is 0 Å². The molecule has 1 aromatic heterocycles. The van der Waals surface area contributed by atoms with Gasteiger partial charge in [0.05, 0.1) is 0 Å². The normalized spacial score (nSPS) is 10.7. The summed E-state index contributed by atoms with van der Waals surface area (Å²) in [6.07, 6.45) is 2.39. The van der Waals surface area contributed by atoms with Crippen molar-refractivity contribution in [3.8, 4) is 0 Å². The van der Waals surface area contributed by atoms with E-state index in [1.165, 1.54) is 0 Å². The van der Waals surface area contributed by atoms with Gasteiger partial charge in [-0.15, -0.1) is 0 Å². The first-order chi connectivity index (χ1) is 9.10. The highest BCUT2D eigenvalue weighted by Crippen LogP contribution is 2.26. The summed E-state index contributed by atoms with van der Waals surface area (Å²) < 4.78 is 0. The number of rotatable bonds is 4. The van der Waals surface area contributed by atoms with E-state index < -0.39 is 0 Å². The lowest BCUT2D eigenvalue weighted by Gasteiger charge is -2.08. The van der Waals surface area contributed by atoms with Gasteiger partial charge in [0.25, 0.3) is 0 Å². The minimum Gasteiger partial charge on any atom is -0.384 e. The van der Waals surface area contributed by atoms with Crippen LogP contribution in [0.15, 0.2) is 24.3 Å². The van der Waals surface area contributed by atoms with Gasteiger partial charge in [-0.1, -0.05) is 42.6 Å². The van der Waals surface area contributed by atoms with E-state index >= 15 is 0 Å². The minimum absolute atomic E-state index is 0.483. The van der Waals surface area contributed by atoms with E-state index in [0.29, 0.717) is 28.1 Å². The van der Waals surface area contributed by atoms with Crippen molar-refractivity contribution in [2.45, 2.75) is 26.2 Å². The Balaban J connectivity index is 2.33. The first-order valence-electron chi connectivity index (χ1n) is 6.15. The molecular formula is C14H15Cl2N3. The third kappa shape index (κ3) is 3.58. The molecule has 0 spiro atoms. The molecule has 0 bridgehead atoms. The van der Waals surface area contributed by atoms with E-state index in [4.69, 9.17) is 28.9 Å². The van der Waals surface area contributed by atoms with Crippen molar-refractivity contribution >= 4 is 29.0 Å². The predicted octanol–water partition coefficient (Wildman–Crippen LogP) is 3.91. The molecular weight excluding hydrogens is 281 g/mol. The third-order valence-electron chi connectivity index (χ3n) is 2.75. The highest BCUT2D eigenvalue weighted by atomic mass is 35.5. The molecule has 1 heterocycles. The van der Waals surface area contributed by atoms with Crippen LogP contribution >= 0.6 is 23.2 Å². The Morgan fingerprint density at radius 1 is 1.16 bits per heavy atom. The molecule has 1 aromatic carbocycles. The Kier molecular flexibility index (Phi) is 4.61. The maximum absolute atomic E-state index is 6.15. The molecule has 0 fully saturated rings. The average molecular weight is 296 g/mol. The van der Waals surface area contributed by atoms with Crippen molar-refractivity contribution in [2.75, 3.05) is 5.73 Å². The van der Waals surface area contributed by atoms with Crippen LogP contribution in [0.25, 0.3) is 0 Å². The molecule has 0 atom stereocenters. The molecule has 2 aromatic rings. The molecule has 0 aliphatic heterocycles. The summed E-state index contributed by atoms with van der Waals surface area (Å²) in [6, 6.07) is 7.24. The summed E-state index contributed by atoms with van der Waals surface area (Å²) in [6.45, 7) is 2.10. The quantitative estimate of drug-likeness (QED) is 0.930. The number of benzene rings is 1. The van der Waals surface area contributed by atoms with Crippen LogP contribution in [0.4, 0.5) is 5.82 Å².